The van der Waals surface area contributed by atoms with Gasteiger partial charge in [0, 0.05) is 19.0 Å². The number of ether oxygens (including phenoxy) is 1. The highest BCUT2D eigenvalue weighted by atomic mass is 35.5. The summed E-state index contributed by atoms with van der Waals surface area (Å²) < 4.78 is 34.5. The van der Waals surface area contributed by atoms with Crippen LogP contribution in [0.3, 0.4) is 0 Å². The molecule has 236 valence electrons. The summed E-state index contributed by atoms with van der Waals surface area (Å²) in [5.74, 6) is -0.507. The number of benzene rings is 4. The number of nitrogens with zero attached hydrogens (tertiary/aromatic N) is 2. The molecule has 0 aliphatic heterocycles. The number of hydrogen-bond acceptors (Lipinski definition) is 5. The van der Waals surface area contributed by atoms with E-state index in [1.54, 1.807) is 24.3 Å². The second-order valence-electron chi connectivity index (χ2n) is 10.7. The highest BCUT2D eigenvalue weighted by Gasteiger charge is 2.35. The van der Waals surface area contributed by atoms with Crippen LogP contribution in [0.2, 0.25) is 5.02 Å². The molecule has 0 fully saturated rings. The maximum absolute atomic E-state index is 14.5. The zero-order valence-corrected chi connectivity index (χ0v) is 27.2. The quantitative estimate of drug-likeness (QED) is 0.179. The van der Waals surface area contributed by atoms with E-state index in [4.69, 9.17) is 16.3 Å². The first kappa shape index (κ1) is 33.6. The van der Waals surface area contributed by atoms with Crippen molar-refractivity contribution in [3.8, 4) is 5.75 Å². The third-order valence-electron chi connectivity index (χ3n) is 7.50. The molecule has 2 amide bonds. The zero-order valence-electron chi connectivity index (χ0n) is 25.6. The van der Waals surface area contributed by atoms with Crippen LogP contribution in [0.5, 0.6) is 5.75 Å². The molecule has 0 unspecified atom stereocenters. The van der Waals surface area contributed by atoms with E-state index >= 15 is 0 Å². The molecule has 0 saturated carbocycles. The molecular formula is C35H38ClN3O5S. The van der Waals surface area contributed by atoms with Crippen molar-refractivity contribution in [2.45, 2.75) is 50.2 Å². The molecule has 45 heavy (non-hydrogen) atoms. The fourth-order valence-corrected chi connectivity index (χ4v) is 6.51. The first-order valence-corrected chi connectivity index (χ1v) is 16.5. The molecule has 4 aromatic carbocycles. The molecule has 0 aliphatic rings. The molecule has 0 aliphatic carbocycles. The molecule has 1 N–H and O–H groups in total. The van der Waals surface area contributed by atoms with Crippen LogP contribution in [0.4, 0.5) is 5.69 Å². The molecule has 4 aromatic rings. The van der Waals surface area contributed by atoms with Gasteiger partial charge in [-0.25, -0.2) is 8.42 Å². The summed E-state index contributed by atoms with van der Waals surface area (Å²) >= 11 is 6.43. The van der Waals surface area contributed by atoms with Gasteiger partial charge in [-0.05, 0) is 54.8 Å². The normalized spacial score (nSPS) is 12.5. The lowest BCUT2D eigenvalue weighted by Crippen LogP contribution is -2.54. The second-order valence-corrected chi connectivity index (χ2v) is 12.9. The van der Waals surface area contributed by atoms with E-state index in [2.05, 4.69) is 5.32 Å². The Balaban J connectivity index is 1.81. The van der Waals surface area contributed by atoms with Gasteiger partial charge in [0.05, 0.1) is 22.7 Å². The highest BCUT2D eigenvalue weighted by Crippen LogP contribution is 2.32. The molecule has 0 bridgehead atoms. The summed E-state index contributed by atoms with van der Waals surface area (Å²) in [6.45, 7) is 3.39. The number of carbonyl (C=O) groups is 2. The minimum Gasteiger partial charge on any atom is -0.495 e. The van der Waals surface area contributed by atoms with Gasteiger partial charge in [0.2, 0.25) is 11.8 Å². The summed E-state index contributed by atoms with van der Waals surface area (Å²) in [5.41, 5.74) is 1.84. The van der Waals surface area contributed by atoms with E-state index in [9.17, 15) is 18.0 Å². The first-order valence-electron chi connectivity index (χ1n) is 14.7. The highest BCUT2D eigenvalue weighted by molar-refractivity contribution is 7.92. The second kappa shape index (κ2) is 15.6. The molecule has 0 radical (unpaired) electrons. The Morgan fingerprint density at radius 2 is 1.44 bits per heavy atom. The Kier molecular flexibility index (Phi) is 11.6. The van der Waals surface area contributed by atoms with Crippen molar-refractivity contribution in [1.29, 1.82) is 0 Å². The summed E-state index contributed by atoms with van der Waals surface area (Å²) in [5, 5.41) is 3.22. The number of hydrogen-bond donors (Lipinski definition) is 1. The first-order chi connectivity index (χ1) is 21.6. The van der Waals surface area contributed by atoms with Crippen molar-refractivity contribution in [3.05, 3.63) is 125 Å². The summed E-state index contributed by atoms with van der Waals surface area (Å²) in [6, 6.07) is 30.1. The Morgan fingerprint density at radius 1 is 0.867 bits per heavy atom. The third kappa shape index (κ3) is 8.65. The van der Waals surface area contributed by atoms with Gasteiger partial charge in [0.15, 0.2) is 0 Å². The number of methoxy groups -OCH3 is 1. The van der Waals surface area contributed by atoms with Crippen molar-refractivity contribution < 1.29 is 22.7 Å². The third-order valence-corrected chi connectivity index (χ3v) is 9.58. The average molecular weight is 648 g/mol. The van der Waals surface area contributed by atoms with Gasteiger partial charge in [-0.15, -0.1) is 0 Å². The van der Waals surface area contributed by atoms with Crippen LogP contribution < -0.4 is 14.4 Å². The smallest absolute Gasteiger partial charge is 0.264 e. The number of halogens is 1. The number of nitrogens with one attached hydrogen (secondary N) is 1. The lowest BCUT2D eigenvalue weighted by atomic mass is 10.0. The van der Waals surface area contributed by atoms with Crippen LogP contribution in [0.1, 0.15) is 31.4 Å². The van der Waals surface area contributed by atoms with Crippen molar-refractivity contribution in [2.24, 2.45) is 0 Å². The zero-order chi connectivity index (χ0) is 32.4. The van der Waals surface area contributed by atoms with Crippen LogP contribution in [-0.2, 0) is 32.6 Å². The van der Waals surface area contributed by atoms with Gasteiger partial charge in [-0.3, -0.25) is 13.9 Å². The van der Waals surface area contributed by atoms with E-state index < -0.39 is 28.5 Å². The van der Waals surface area contributed by atoms with Gasteiger partial charge in [0.1, 0.15) is 18.3 Å². The van der Waals surface area contributed by atoms with E-state index in [1.807, 2.05) is 74.5 Å². The minimum absolute atomic E-state index is 0.00898. The van der Waals surface area contributed by atoms with Gasteiger partial charge in [0.25, 0.3) is 10.0 Å². The van der Waals surface area contributed by atoms with Gasteiger partial charge >= 0.3 is 0 Å². The predicted octanol–water partition coefficient (Wildman–Crippen LogP) is 6.10. The SMILES string of the molecule is CC[C@@H](C)NC(=O)[C@H](Cc1ccccc1)N(Cc1ccccc1)C(=O)CN(c1ccc(OC)c(Cl)c1)S(=O)(=O)c1ccccc1. The van der Waals surface area contributed by atoms with Crippen molar-refractivity contribution in [2.75, 3.05) is 18.0 Å². The van der Waals surface area contributed by atoms with Gasteiger partial charge in [-0.1, -0.05) is 97.4 Å². The van der Waals surface area contributed by atoms with E-state index in [-0.39, 0.29) is 40.5 Å². The number of carbonyl (C=O) groups excluding carboxylic acids is 2. The van der Waals surface area contributed by atoms with E-state index in [0.717, 1.165) is 15.4 Å². The molecule has 0 saturated heterocycles. The molecule has 4 rings (SSSR count). The minimum atomic E-state index is -4.23. The number of anilines is 1. The van der Waals surface area contributed by atoms with Gasteiger partial charge in [-0.2, -0.15) is 0 Å². The fraction of sp³-hybridized carbons (Fsp3) is 0.257. The number of sulfonamides is 1. The lowest BCUT2D eigenvalue weighted by molar-refractivity contribution is -0.140. The summed E-state index contributed by atoms with van der Waals surface area (Å²) in [7, 11) is -2.77. The topological polar surface area (TPSA) is 96.0 Å². The Hall–Kier alpha value is -4.34. The van der Waals surface area contributed by atoms with Crippen molar-refractivity contribution in [3.63, 3.8) is 0 Å². The van der Waals surface area contributed by atoms with Crippen molar-refractivity contribution in [1.82, 2.24) is 10.2 Å². The molecule has 8 nitrogen and oxygen atoms in total. The largest absolute Gasteiger partial charge is 0.495 e. The maximum atomic E-state index is 14.5. The Labute approximate surface area is 270 Å². The van der Waals surface area contributed by atoms with Crippen LogP contribution >= 0.6 is 11.6 Å². The van der Waals surface area contributed by atoms with Crippen LogP contribution in [0, 0.1) is 0 Å². The van der Waals surface area contributed by atoms with E-state index in [0.29, 0.717) is 12.2 Å². The molecule has 2 atom stereocenters. The summed E-state index contributed by atoms with van der Waals surface area (Å²) in [6.07, 6.45) is 0.944. The van der Waals surface area contributed by atoms with E-state index in [1.165, 1.54) is 36.3 Å². The average Bonchev–Trinajstić information content (AvgIpc) is 3.06. The molecule has 0 heterocycles. The summed E-state index contributed by atoms with van der Waals surface area (Å²) in [4.78, 5) is 29.8. The maximum Gasteiger partial charge on any atom is 0.264 e. The predicted molar refractivity (Wildman–Crippen MR) is 178 cm³/mol. The lowest BCUT2D eigenvalue weighted by Gasteiger charge is -2.34. The van der Waals surface area contributed by atoms with Gasteiger partial charge < -0.3 is 15.0 Å². The molecule has 0 spiro atoms. The van der Waals surface area contributed by atoms with Crippen molar-refractivity contribution >= 4 is 39.1 Å². The van der Waals surface area contributed by atoms with Crippen LogP contribution in [0.25, 0.3) is 0 Å². The molecular weight excluding hydrogens is 610 g/mol. The monoisotopic (exact) mass is 647 g/mol. The number of rotatable bonds is 14. The number of amides is 2. The fourth-order valence-electron chi connectivity index (χ4n) is 4.83. The molecule has 10 heteroatoms. The molecule has 0 aromatic heterocycles. The Morgan fingerprint density at radius 3 is 2.00 bits per heavy atom. The Bertz CT molecular complexity index is 1670. The van der Waals surface area contributed by atoms with Crippen LogP contribution in [0.15, 0.2) is 114 Å². The standard InChI is InChI=1S/C35H38ClN3O5S/c1-4-26(2)37-35(41)32(22-27-14-8-5-9-15-27)38(24-28-16-10-6-11-17-28)34(40)25-39(29-20-21-33(44-3)31(36)23-29)45(42,43)30-18-12-7-13-19-30/h5-21,23,26,32H,4,22,24-25H2,1-3H3,(H,37,41)/t26-,32+/m1/s1. The van der Waals surface area contributed by atoms with Crippen LogP contribution in [-0.4, -0.2) is 50.9 Å².